The lowest BCUT2D eigenvalue weighted by atomic mass is 9.97. The molecule has 0 bridgehead atoms. The van der Waals surface area contributed by atoms with Crippen LogP contribution in [0.4, 0.5) is 5.13 Å². The van der Waals surface area contributed by atoms with Gasteiger partial charge in [0.25, 0.3) is 0 Å². The third-order valence-electron chi connectivity index (χ3n) is 3.38. The Kier molecular flexibility index (Phi) is 5.15. The summed E-state index contributed by atoms with van der Waals surface area (Å²) in [6.45, 7) is 5.79. The summed E-state index contributed by atoms with van der Waals surface area (Å²) in [6, 6.07) is 0. The molecule has 1 unspecified atom stereocenters. The first-order chi connectivity index (χ1) is 9.22. The molecule has 6 heteroatoms. The zero-order valence-corrected chi connectivity index (χ0v) is 12.4. The van der Waals surface area contributed by atoms with Gasteiger partial charge in [0, 0.05) is 37.8 Å². The topological polar surface area (TPSA) is 57.3 Å². The Bertz CT molecular complexity index is 421. The maximum atomic E-state index is 11.7. The van der Waals surface area contributed by atoms with E-state index in [-0.39, 0.29) is 11.8 Å². The molecule has 2 heterocycles. The number of thiazole rings is 1. The van der Waals surface area contributed by atoms with Crippen LogP contribution in [0.15, 0.2) is 6.20 Å². The van der Waals surface area contributed by atoms with Crippen LogP contribution in [0, 0.1) is 5.92 Å². The van der Waals surface area contributed by atoms with E-state index in [9.17, 15) is 4.79 Å². The number of hydrogen-bond donors (Lipinski definition) is 2. The number of amides is 1. The quantitative estimate of drug-likeness (QED) is 0.860. The molecular formula is C13H22N4OS. The van der Waals surface area contributed by atoms with E-state index >= 15 is 0 Å². The molecule has 1 aromatic rings. The molecule has 2 rings (SSSR count). The lowest BCUT2D eigenvalue weighted by Crippen LogP contribution is -2.41. The molecule has 0 spiro atoms. The zero-order valence-electron chi connectivity index (χ0n) is 11.6. The first-order valence-electron chi connectivity index (χ1n) is 6.85. The van der Waals surface area contributed by atoms with Gasteiger partial charge in [0.05, 0.1) is 5.92 Å². The number of carbonyl (C=O) groups excluding carboxylic acids is 1. The molecule has 5 nitrogen and oxygen atoms in total. The van der Waals surface area contributed by atoms with Crippen molar-refractivity contribution in [2.75, 3.05) is 32.0 Å². The average molecular weight is 282 g/mol. The van der Waals surface area contributed by atoms with Crippen LogP contribution in [0.3, 0.4) is 0 Å². The molecule has 2 N–H and O–H groups in total. The molecular weight excluding hydrogens is 260 g/mol. The minimum atomic E-state index is 0.139. The van der Waals surface area contributed by atoms with E-state index in [1.165, 1.54) is 4.88 Å². The number of hydrogen-bond acceptors (Lipinski definition) is 5. The van der Waals surface area contributed by atoms with Crippen LogP contribution in [-0.2, 0) is 11.3 Å². The van der Waals surface area contributed by atoms with Gasteiger partial charge < -0.3 is 10.6 Å². The number of aromatic nitrogens is 1. The number of rotatable bonds is 5. The molecule has 0 radical (unpaired) electrons. The number of carbonyl (C=O) groups is 1. The number of nitrogens with one attached hydrogen (secondary N) is 2. The van der Waals surface area contributed by atoms with Gasteiger partial charge in [-0.25, -0.2) is 4.98 Å². The molecule has 0 saturated carbocycles. The highest BCUT2D eigenvalue weighted by molar-refractivity contribution is 7.15. The molecule has 1 aliphatic heterocycles. The van der Waals surface area contributed by atoms with E-state index in [0.717, 1.165) is 44.2 Å². The highest BCUT2D eigenvalue weighted by Gasteiger charge is 2.25. The Balaban J connectivity index is 1.89. The van der Waals surface area contributed by atoms with E-state index in [2.05, 4.69) is 27.4 Å². The predicted molar refractivity (Wildman–Crippen MR) is 78.3 cm³/mol. The molecule has 1 aliphatic rings. The summed E-state index contributed by atoms with van der Waals surface area (Å²) in [4.78, 5) is 19.7. The molecule has 106 valence electrons. The summed E-state index contributed by atoms with van der Waals surface area (Å²) in [5.41, 5.74) is 0. The van der Waals surface area contributed by atoms with Crippen molar-refractivity contribution in [1.29, 1.82) is 0 Å². The largest absolute Gasteiger partial charge is 0.362 e. The fraction of sp³-hybridized carbons (Fsp3) is 0.692. The van der Waals surface area contributed by atoms with Crippen molar-refractivity contribution >= 4 is 22.4 Å². The molecule has 1 aromatic heterocycles. The molecule has 19 heavy (non-hydrogen) atoms. The normalized spacial score (nSPS) is 20.2. The summed E-state index contributed by atoms with van der Waals surface area (Å²) in [7, 11) is 1.72. The zero-order chi connectivity index (χ0) is 13.7. The first-order valence-corrected chi connectivity index (χ1v) is 7.67. The number of likely N-dealkylation sites (tertiary alicyclic amines) is 1. The van der Waals surface area contributed by atoms with E-state index in [1.54, 1.807) is 18.4 Å². The van der Waals surface area contributed by atoms with Gasteiger partial charge in [0.15, 0.2) is 5.13 Å². The van der Waals surface area contributed by atoms with Crippen molar-refractivity contribution in [3.63, 3.8) is 0 Å². The van der Waals surface area contributed by atoms with E-state index in [4.69, 9.17) is 0 Å². The fourth-order valence-electron chi connectivity index (χ4n) is 2.45. The molecule has 1 atom stereocenters. The standard InChI is InChI=1S/C13H22N4OS/c1-3-15-13-16-7-11(19-13)9-17-6-4-5-10(8-17)12(18)14-2/h7,10H,3-6,8-9H2,1-2H3,(H,14,18)(H,15,16). The van der Waals surface area contributed by atoms with Gasteiger partial charge in [-0.2, -0.15) is 0 Å². The summed E-state index contributed by atoms with van der Waals surface area (Å²) >= 11 is 1.70. The third kappa shape index (κ3) is 3.91. The third-order valence-corrected chi connectivity index (χ3v) is 4.32. The van der Waals surface area contributed by atoms with Crippen molar-refractivity contribution in [3.05, 3.63) is 11.1 Å². The smallest absolute Gasteiger partial charge is 0.224 e. The monoisotopic (exact) mass is 282 g/mol. The van der Waals surface area contributed by atoms with Gasteiger partial charge in [-0.05, 0) is 26.3 Å². The Morgan fingerprint density at radius 2 is 2.47 bits per heavy atom. The van der Waals surface area contributed by atoms with Crippen molar-refractivity contribution in [2.24, 2.45) is 5.92 Å². The second kappa shape index (κ2) is 6.86. The van der Waals surface area contributed by atoms with Crippen LogP contribution in [0.5, 0.6) is 0 Å². The Hall–Kier alpha value is -1.14. The van der Waals surface area contributed by atoms with E-state index in [1.807, 2.05) is 6.20 Å². The highest BCUT2D eigenvalue weighted by atomic mass is 32.1. The van der Waals surface area contributed by atoms with Crippen LogP contribution in [0.1, 0.15) is 24.6 Å². The Labute approximate surface area is 118 Å². The van der Waals surface area contributed by atoms with Gasteiger partial charge in [0.1, 0.15) is 0 Å². The molecule has 0 aromatic carbocycles. The summed E-state index contributed by atoms with van der Waals surface area (Å²) in [5, 5.41) is 6.96. The van der Waals surface area contributed by atoms with Crippen molar-refractivity contribution in [3.8, 4) is 0 Å². The number of nitrogens with zero attached hydrogens (tertiary/aromatic N) is 2. The van der Waals surface area contributed by atoms with Crippen molar-refractivity contribution in [1.82, 2.24) is 15.2 Å². The Morgan fingerprint density at radius 1 is 1.63 bits per heavy atom. The fourth-order valence-corrected chi connectivity index (χ4v) is 3.37. The van der Waals surface area contributed by atoms with Gasteiger partial charge >= 0.3 is 0 Å². The van der Waals surface area contributed by atoms with Gasteiger partial charge in [0.2, 0.25) is 5.91 Å². The molecule has 1 amide bonds. The van der Waals surface area contributed by atoms with Crippen LogP contribution in [0.25, 0.3) is 0 Å². The highest BCUT2D eigenvalue weighted by Crippen LogP contribution is 2.23. The molecule has 1 saturated heterocycles. The predicted octanol–water partition coefficient (Wildman–Crippen LogP) is 1.53. The number of anilines is 1. The minimum absolute atomic E-state index is 0.139. The van der Waals surface area contributed by atoms with Crippen LogP contribution in [-0.4, -0.2) is 42.5 Å². The second-order valence-corrected chi connectivity index (χ2v) is 5.97. The Morgan fingerprint density at radius 3 is 3.21 bits per heavy atom. The van der Waals surface area contributed by atoms with Gasteiger partial charge in [-0.15, -0.1) is 11.3 Å². The second-order valence-electron chi connectivity index (χ2n) is 4.85. The maximum Gasteiger partial charge on any atom is 0.224 e. The van der Waals surface area contributed by atoms with E-state index in [0.29, 0.717) is 0 Å². The van der Waals surface area contributed by atoms with Crippen LogP contribution < -0.4 is 10.6 Å². The maximum absolute atomic E-state index is 11.7. The minimum Gasteiger partial charge on any atom is -0.362 e. The lowest BCUT2D eigenvalue weighted by Gasteiger charge is -2.31. The SMILES string of the molecule is CCNc1ncc(CN2CCCC(C(=O)NC)C2)s1. The summed E-state index contributed by atoms with van der Waals surface area (Å²) in [5.74, 6) is 0.308. The summed E-state index contributed by atoms with van der Waals surface area (Å²) < 4.78 is 0. The van der Waals surface area contributed by atoms with Crippen molar-refractivity contribution in [2.45, 2.75) is 26.3 Å². The average Bonchev–Trinajstić information content (AvgIpc) is 2.86. The van der Waals surface area contributed by atoms with Gasteiger partial charge in [-0.1, -0.05) is 0 Å². The van der Waals surface area contributed by atoms with Crippen LogP contribution in [0.2, 0.25) is 0 Å². The molecule has 0 aliphatic carbocycles. The molecule has 1 fully saturated rings. The summed E-state index contributed by atoms with van der Waals surface area (Å²) in [6.07, 6.45) is 4.03. The number of piperidine rings is 1. The van der Waals surface area contributed by atoms with Gasteiger partial charge in [-0.3, -0.25) is 9.69 Å². The van der Waals surface area contributed by atoms with Crippen molar-refractivity contribution < 1.29 is 4.79 Å². The van der Waals surface area contributed by atoms with E-state index < -0.39 is 0 Å². The van der Waals surface area contributed by atoms with Crippen LogP contribution >= 0.6 is 11.3 Å². The first kappa shape index (κ1) is 14.3. The lowest BCUT2D eigenvalue weighted by molar-refractivity contribution is -0.126.